The Bertz CT molecular complexity index is 372. The van der Waals surface area contributed by atoms with Crippen LogP contribution in [0.2, 0.25) is 0 Å². The average Bonchev–Trinajstić information content (AvgIpc) is 2.72. The Hall–Kier alpha value is -0.870. The Balaban J connectivity index is 2.03. The van der Waals surface area contributed by atoms with Gasteiger partial charge in [-0.15, -0.1) is 11.3 Å². The molecule has 16 heavy (non-hydrogen) atoms. The van der Waals surface area contributed by atoms with Crippen molar-refractivity contribution < 1.29 is 0 Å². The minimum atomic E-state index is 0.308. The summed E-state index contributed by atoms with van der Waals surface area (Å²) in [7, 11) is 0. The zero-order chi connectivity index (χ0) is 11.5. The number of nitrogens with zero attached hydrogens (tertiary/aromatic N) is 1. The van der Waals surface area contributed by atoms with Gasteiger partial charge in [0.05, 0.1) is 5.84 Å². The van der Waals surface area contributed by atoms with Gasteiger partial charge in [0.25, 0.3) is 0 Å². The van der Waals surface area contributed by atoms with Crippen LogP contribution >= 0.6 is 11.3 Å². The summed E-state index contributed by atoms with van der Waals surface area (Å²) in [5.74, 6) is 0.308. The van der Waals surface area contributed by atoms with E-state index in [0.717, 1.165) is 25.9 Å². The molecule has 1 atom stereocenters. The number of fused-ring (bicyclic) bond motifs is 1. The zero-order valence-electron chi connectivity index (χ0n) is 9.70. The second-order valence-corrected chi connectivity index (χ2v) is 5.38. The van der Waals surface area contributed by atoms with Gasteiger partial charge >= 0.3 is 0 Å². The minimum Gasteiger partial charge on any atom is -0.388 e. The van der Waals surface area contributed by atoms with Crippen molar-refractivity contribution in [2.45, 2.75) is 38.8 Å². The third kappa shape index (κ3) is 2.44. The van der Waals surface area contributed by atoms with Gasteiger partial charge in [0, 0.05) is 30.4 Å². The molecule has 88 valence electrons. The first-order valence-corrected chi connectivity index (χ1v) is 6.71. The molecular formula is C12H19N3S. The van der Waals surface area contributed by atoms with Crippen LogP contribution in [0.15, 0.2) is 11.4 Å². The molecule has 0 saturated carbocycles. The van der Waals surface area contributed by atoms with Crippen LogP contribution in [0.3, 0.4) is 0 Å². The van der Waals surface area contributed by atoms with E-state index in [0.29, 0.717) is 18.3 Å². The first-order chi connectivity index (χ1) is 7.70. The van der Waals surface area contributed by atoms with E-state index in [1.165, 1.54) is 10.4 Å². The van der Waals surface area contributed by atoms with E-state index in [2.05, 4.69) is 23.3 Å². The predicted molar refractivity (Wildman–Crippen MR) is 69.0 cm³/mol. The molecule has 0 radical (unpaired) electrons. The van der Waals surface area contributed by atoms with Gasteiger partial charge in [-0.2, -0.15) is 0 Å². The molecule has 4 heteroatoms. The second kappa shape index (κ2) is 4.97. The molecule has 0 aromatic carbocycles. The molecule has 0 amide bonds. The van der Waals surface area contributed by atoms with Crippen LogP contribution in [0.4, 0.5) is 0 Å². The lowest BCUT2D eigenvalue weighted by Gasteiger charge is -2.33. The highest BCUT2D eigenvalue weighted by molar-refractivity contribution is 7.10. The second-order valence-electron chi connectivity index (χ2n) is 4.38. The standard InChI is InChI=1S/C12H19N3S/c1-2-10(7-12(13)14)15-5-3-11-9(8-15)4-6-16-11/h4,6,10H,2-3,5,7-8H2,1H3,(H3,13,14). The number of nitrogens with two attached hydrogens (primary N) is 1. The molecule has 0 aliphatic carbocycles. The van der Waals surface area contributed by atoms with Gasteiger partial charge in [0.1, 0.15) is 0 Å². The van der Waals surface area contributed by atoms with Crippen LogP contribution in [-0.2, 0) is 13.0 Å². The molecule has 0 saturated heterocycles. The molecule has 0 spiro atoms. The summed E-state index contributed by atoms with van der Waals surface area (Å²) in [5.41, 5.74) is 6.98. The monoisotopic (exact) mass is 237 g/mol. The summed E-state index contributed by atoms with van der Waals surface area (Å²) in [6, 6.07) is 2.66. The minimum absolute atomic E-state index is 0.308. The van der Waals surface area contributed by atoms with Crippen molar-refractivity contribution in [3.63, 3.8) is 0 Å². The summed E-state index contributed by atoms with van der Waals surface area (Å²) in [6.07, 6.45) is 2.93. The van der Waals surface area contributed by atoms with Gasteiger partial charge < -0.3 is 5.73 Å². The van der Waals surface area contributed by atoms with Crippen molar-refractivity contribution in [3.05, 3.63) is 21.9 Å². The number of hydrogen-bond acceptors (Lipinski definition) is 3. The quantitative estimate of drug-likeness (QED) is 0.623. The summed E-state index contributed by atoms with van der Waals surface area (Å²) in [5, 5.41) is 9.60. The Morgan fingerprint density at radius 2 is 2.50 bits per heavy atom. The van der Waals surface area contributed by atoms with E-state index in [9.17, 15) is 0 Å². The fraction of sp³-hybridized carbons (Fsp3) is 0.583. The van der Waals surface area contributed by atoms with Crippen LogP contribution < -0.4 is 5.73 Å². The van der Waals surface area contributed by atoms with Gasteiger partial charge in [0.15, 0.2) is 0 Å². The maximum atomic E-state index is 7.41. The summed E-state index contributed by atoms with van der Waals surface area (Å²) in [4.78, 5) is 4.00. The number of rotatable bonds is 4. The first kappa shape index (κ1) is 11.6. The smallest absolute Gasteiger partial charge is 0.0921 e. The molecule has 3 nitrogen and oxygen atoms in total. The number of nitrogens with one attached hydrogen (secondary N) is 1. The van der Waals surface area contributed by atoms with E-state index in [1.54, 1.807) is 0 Å². The molecular weight excluding hydrogens is 218 g/mol. The van der Waals surface area contributed by atoms with Crippen LogP contribution in [0.25, 0.3) is 0 Å². The van der Waals surface area contributed by atoms with E-state index in [-0.39, 0.29) is 0 Å². The molecule has 0 bridgehead atoms. The maximum Gasteiger partial charge on any atom is 0.0921 e. The highest BCUT2D eigenvalue weighted by Crippen LogP contribution is 2.26. The molecule has 2 heterocycles. The summed E-state index contributed by atoms with van der Waals surface area (Å²) in [6.45, 7) is 4.32. The van der Waals surface area contributed by atoms with Gasteiger partial charge in [0.2, 0.25) is 0 Å². The van der Waals surface area contributed by atoms with E-state index < -0.39 is 0 Å². The SMILES string of the molecule is CCC(CC(=N)N)N1CCc2sccc2C1. The summed E-state index contributed by atoms with van der Waals surface area (Å²) < 4.78 is 0. The fourth-order valence-electron chi connectivity index (χ4n) is 2.37. The van der Waals surface area contributed by atoms with Gasteiger partial charge in [-0.1, -0.05) is 6.92 Å². The summed E-state index contributed by atoms with van der Waals surface area (Å²) >= 11 is 1.87. The van der Waals surface area contributed by atoms with Crippen molar-refractivity contribution in [2.75, 3.05) is 6.54 Å². The Labute approximate surface area is 101 Å². The molecule has 1 aliphatic heterocycles. The fourth-order valence-corrected chi connectivity index (χ4v) is 3.26. The average molecular weight is 237 g/mol. The third-order valence-corrected chi connectivity index (χ3v) is 4.30. The van der Waals surface area contributed by atoms with Crippen LogP contribution in [0, 0.1) is 5.41 Å². The molecule has 1 unspecified atom stereocenters. The lowest BCUT2D eigenvalue weighted by molar-refractivity contribution is 0.178. The molecule has 3 N–H and O–H groups in total. The highest BCUT2D eigenvalue weighted by Gasteiger charge is 2.23. The van der Waals surface area contributed by atoms with E-state index in [1.807, 2.05) is 11.3 Å². The Kier molecular flexibility index (Phi) is 3.61. The van der Waals surface area contributed by atoms with Crippen molar-refractivity contribution in [1.82, 2.24) is 4.90 Å². The third-order valence-electron chi connectivity index (χ3n) is 3.28. The van der Waals surface area contributed by atoms with Crippen LogP contribution in [0.1, 0.15) is 30.2 Å². The van der Waals surface area contributed by atoms with E-state index >= 15 is 0 Å². The Morgan fingerprint density at radius 1 is 1.69 bits per heavy atom. The van der Waals surface area contributed by atoms with Crippen LogP contribution in [0.5, 0.6) is 0 Å². The van der Waals surface area contributed by atoms with Crippen molar-refractivity contribution in [1.29, 1.82) is 5.41 Å². The molecule has 1 aromatic rings. The lowest BCUT2D eigenvalue weighted by Crippen LogP contribution is -2.40. The molecule has 0 fully saturated rings. The Morgan fingerprint density at radius 3 is 3.19 bits per heavy atom. The molecule has 1 aliphatic rings. The molecule has 2 rings (SSSR count). The number of amidine groups is 1. The van der Waals surface area contributed by atoms with E-state index in [4.69, 9.17) is 11.1 Å². The lowest BCUT2D eigenvalue weighted by atomic mass is 10.0. The van der Waals surface area contributed by atoms with Crippen molar-refractivity contribution >= 4 is 17.2 Å². The molecule has 1 aromatic heterocycles. The van der Waals surface area contributed by atoms with Crippen LogP contribution in [-0.4, -0.2) is 23.3 Å². The van der Waals surface area contributed by atoms with Gasteiger partial charge in [-0.25, -0.2) is 0 Å². The largest absolute Gasteiger partial charge is 0.388 e. The number of thiophene rings is 1. The predicted octanol–water partition coefficient (Wildman–Crippen LogP) is 2.21. The van der Waals surface area contributed by atoms with Gasteiger partial charge in [-0.3, -0.25) is 10.3 Å². The zero-order valence-corrected chi connectivity index (χ0v) is 10.5. The van der Waals surface area contributed by atoms with Crippen molar-refractivity contribution in [3.8, 4) is 0 Å². The first-order valence-electron chi connectivity index (χ1n) is 5.83. The maximum absolute atomic E-state index is 7.41. The topological polar surface area (TPSA) is 53.1 Å². The number of hydrogen-bond donors (Lipinski definition) is 2. The van der Waals surface area contributed by atoms with Gasteiger partial charge in [-0.05, 0) is 29.9 Å². The highest BCUT2D eigenvalue weighted by atomic mass is 32.1. The van der Waals surface area contributed by atoms with Crippen molar-refractivity contribution in [2.24, 2.45) is 5.73 Å². The normalized spacial score (nSPS) is 18.1.